The lowest BCUT2D eigenvalue weighted by atomic mass is 10.2. The normalized spacial score (nSPS) is 11.1. The number of hydrogen-bond donors (Lipinski definition) is 1. The van der Waals surface area contributed by atoms with Crippen LogP contribution in [0.1, 0.15) is 5.69 Å². The minimum atomic E-state index is -0.317. The molecule has 7 nitrogen and oxygen atoms in total. The number of aromatic nitrogens is 4. The Morgan fingerprint density at radius 3 is 2.33 bits per heavy atom. The summed E-state index contributed by atoms with van der Waals surface area (Å²) in [6.07, 6.45) is 0. The number of nitrogens with one attached hydrogen (secondary N) is 1. The second-order valence-corrected chi connectivity index (χ2v) is 8.94. The molecule has 0 saturated heterocycles. The van der Waals surface area contributed by atoms with Gasteiger partial charge >= 0.3 is 5.56 Å². The molecule has 2 aromatic carbocycles. The number of nitrogens with zero attached hydrogens (tertiary/aromatic N) is 5. The summed E-state index contributed by atoms with van der Waals surface area (Å²) in [5.74, 6) is 0. The molecule has 0 atom stereocenters. The van der Waals surface area contributed by atoms with Crippen LogP contribution in [0.5, 0.6) is 0 Å². The Kier molecular flexibility index (Phi) is 6.85. The fourth-order valence-electron chi connectivity index (χ4n) is 3.05. The maximum absolute atomic E-state index is 12.9. The molecule has 11 heteroatoms. The highest BCUT2D eigenvalue weighted by molar-refractivity contribution is 7.13. The first kappa shape index (κ1) is 23.1. The predicted molar refractivity (Wildman–Crippen MR) is 136 cm³/mol. The third-order valence-corrected chi connectivity index (χ3v) is 6.46. The van der Waals surface area contributed by atoms with Gasteiger partial charge in [-0.1, -0.05) is 54.1 Å². The van der Waals surface area contributed by atoms with E-state index in [1.807, 2.05) is 53.2 Å². The standard InChI is InChI=1S/C22H15ClN6OS2.ClH/c1-13-19(26-27-21-24-17(11-31-21)14-5-3-2-4-6-14)20(30)29(28-13)22-25-18(12-32-22)15-7-9-16(23)10-8-15;/h2-12,28H,1H3;1H. The van der Waals surface area contributed by atoms with E-state index in [-0.39, 0.29) is 23.7 Å². The van der Waals surface area contributed by atoms with Crippen LogP contribution < -0.4 is 5.56 Å². The Morgan fingerprint density at radius 2 is 1.58 bits per heavy atom. The van der Waals surface area contributed by atoms with Crippen LogP contribution >= 0.6 is 46.7 Å². The molecule has 0 radical (unpaired) electrons. The Balaban J connectivity index is 0.00000259. The molecule has 0 saturated carbocycles. The van der Waals surface area contributed by atoms with Gasteiger partial charge in [-0.15, -0.1) is 45.3 Å². The van der Waals surface area contributed by atoms with Crippen molar-refractivity contribution in [3.05, 3.63) is 86.4 Å². The van der Waals surface area contributed by atoms with Crippen molar-refractivity contribution in [1.82, 2.24) is 19.7 Å². The molecule has 0 aliphatic heterocycles. The van der Waals surface area contributed by atoms with Gasteiger partial charge in [-0.25, -0.2) is 9.97 Å². The van der Waals surface area contributed by atoms with Gasteiger partial charge in [0, 0.05) is 26.9 Å². The molecule has 0 bridgehead atoms. The Labute approximate surface area is 207 Å². The molecule has 0 unspecified atom stereocenters. The smallest absolute Gasteiger partial charge is 0.291 e. The van der Waals surface area contributed by atoms with Gasteiger partial charge < -0.3 is 0 Å². The van der Waals surface area contributed by atoms with Gasteiger partial charge in [0.05, 0.1) is 17.1 Å². The van der Waals surface area contributed by atoms with Crippen LogP contribution in [0.3, 0.4) is 0 Å². The largest absolute Gasteiger partial charge is 0.301 e. The van der Waals surface area contributed by atoms with Crippen LogP contribution in [0.2, 0.25) is 5.02 Å². The van der Waals surface area contributed by atoms with E-state index in [1.165, 1.54) is 27.4 Å². The molecular formula is C22H16Cl2N6OS2. The number of H-pyrrole nitrogens is 1. The molecule has 0 fully saturated rings. The van der Waals surface area contributed by atoms with Crippen LogP contribution in [0.15, 0.2) is 80.4 Å². The molecule has 0 amide bonds. The highest BCUT2D eigenvalue weighted by Crippen LogP contribution is 2.29. The summed E-state index contributed by atoms with van der Waals surface area (Å²) >= 11 is 8.68. The summed E-state index contributed by atoms with van der Waals surface area (Å²) in [5.41, 5.74) is 4.02. The molecule has 5 aromatic rings. The number of aromatic amines is 1. The van der Waals surface area contributed by atoms with Crippen LogP contribution in [-0.4, -0.2) is 19.7 Å². The molecule has 5 rings (SSSR count). The van der Waals surface area contributed by atoms with Crippen molar-refractivity contribution in [2.75, 3.05) is 0 Å². The molecule has 0 aliphatic carbocycles. The Morgan fingerprint density at radius 1 is 0.909 bits per heavy atom. The molecule has 3 heterocycles. The lowest BCUT2D eigenvalue weighted by Crippen LogP contribution is -2.13. The van der Waals surface area contributed by atoms with Crippen molar-refractivity contribution in [3.63, 3.8) is 0 Å². The van der Waals surface area contributed by atoms with Gasteiger partial charge in [0.15, 0.2) is 5.69 Å². The monoisotopic (exact) mass is 514 g/mol. The van der Waals surface area contributed by atoms with Gasteiger partial charge in [-0.2, -0.15) is 4.68 Å². The molecule has 0 spiro atoms. The average molecular weight is 515 g/mol. The summed E-state index contributed by atoms with van der Waals surface area (Å²) in [7, 11) is 0. The summed E-state index contributed by atoms with van der Waals surface area (Å²) in [6.45, 7) is 1.78. The van der Waals surface area contributed by atoms with Gasteiger partial charge in [0.2, 0.25) is 10.3 Å². The van der Waals surface area contributed by atoms with Crippen LogP contribution in [0, 0.1) is 6.92 Å². The highest BCUT2D eigenvalue weighted by atomic mass is 35.5. The van der Waals surface area contributed by atoms with Crippen LogP contribution in [-0.2, 0) is 0 Å². The van der Waals surface area contributed by atoms with E-state index in [0.29, 0.717) is 21.0 Å². The molecular weight excluding hydrogens is 499 g/mol. The van der Waals surface area contributed by atoms with Gasteiger partial charge in [0.1, 0.15) is 0 Å². The van der Waals surface area contributed by atoms with Crippen LogP contribution in [0.4, 0.5) is 10.8 Å². The lowest BCUT2D eigenvalue weighted by Gasteiger charge is -1.97. The number of aryl methyl sites for hydroxylation is 1. The maximum atomic E-state index is 12.9. The van der Waals surface area contributed by atoms with E-state index in [2.05, 4.69) is 25.3 Å². The number of benzene rings is 2. The van der Waals surface area contributed by atoms with Crippen molar-refractivity contribution in [2.45, 2.75) is 6.92 Å². The van der Waals surface area contributed by atoms with Crippen molar-refractivity contribution in [2.24, 2.45) is 10.2 Å². The van der Waals surface area contributed by atoms with Crippen molar-refractivity contribution < 1.29 is 0 Å². The lowest BCUT2D eigenvalue weighted by molar-refractivity contribution is 0.827. The fourth-order valence-corrected chi connectivity index (χ4v) is 4.62. The SMILES string of the molecule is Cc1[nH]n(-c2nc(-c3ccc(Cl)cc3)cs2)c(=O)c1N=Nc1nc(-c2ccccc2)cs1.Cl. The number of halogens is 2. The fraction of sp³-hybridized carbons (Fsp3) is 0.0455. The van der Waals surface area contributed by atoms with Crippen molar-refractivity contribution in [1.29, 1.82) is 0 Å². The number of thiazole rings is 2. The third kappa shape index (κ3) is 4.81. The first-order valence-electron chi connectivity index (χ1n) is 9.54. The van der Waals surface area contributed by atoms with Crippen LogP contribution in [0.25, 0.3) is 27.6 Å². The van der Waals surface area contributed by atoms with Gasteiger partial charge in [0.25, 0.3) is 0 Å². The second-order valence-electron chi connectivity index (χ2n) is 6.83. The number of azo groups is 1. The first-order valence-corrected chi connectivity index (χ1v) is 11.7. The molecule has 33 heavy (non-hydrogen) atoms. The van der Waals surface area contributed by atoms with Gasteiger partial charge in [-0.05, 0) is 19.1 Å². The molecule has 1 N–H and O–H groups in total. The minimum Gasteiger partial charge on any atom is -0.291 e. The molecule has 166 valence electrons. The molecule has 0 aliphatic rings. The van der Waals surface area contributed by atoms with E-state index in [4.69, 9.17) is 11.6 Å². The van der Waals surface area contributed by atoms with E-state index in [0.717, 1.165) is 22.5 Å². The Hall–Kier alpha value is -3.11. The van der Waals surface area contributed by atoms with Gasteiger partial charge in [-0.3, -0.25) is 9.89 Å². The quantitative estimate of drug-likeness (QED) is 0.251. The van der Waals surface area contributed by atoms with Crippen molar-refractivity contribution in [3.8, 4) is 27.6 Å². The zero-order valence-corrected chi connectivity index (χ0v) is 20.3. The second kappa shape index (κ2) is 9.80. The van der Waals surface area contributed by atoms with E-state index >= 15 is 0 Å². The third-order valence-electron chi connectivity index (χ3n) is 4.66. The Bertz CT molecular complexity index is 1470. The summed E-state index contributed by atoms with van der Waals surface area (Å²) in [5, 5.41) is 16.9. The molecule has 3 aromatic heterocycles. The maximum Gasteiger partial charge on any atom is 0.301 e. The highest BCUT2D eigenvalue weighted by Gasteiger charge is 2.15. The van der Waals surface area contributed by atoms with E-state index in [1.54, 1.807) is 19.1 Å². The van der Waals surface area contributed by atoms with Crippen molar-refractivity contribution >= 4 is 57.5 Å². The minimum absolute atomic E-state index is 0. The number of hydrogen-bond acceptors (Lipinski definition) is 7. The zero-order valence-electron chi connectivity index (χ0n) is 17.1. The average Bonchev–Trinajstić information content (AvgIpc) is 3.54. The number of rotatable bonds is 5. The van der Waals surface area contributed by atoms with E-state index < -0.39 is 0 Å². The predicted octanol–water partition coefficient (Wildman–Crippen LogP) is 7.21. The first-order chi connectivity index (χ1) is 15.6. The topological polar surface area (TPSA) is 88.3 Å². The van der Waals surface area contributed by atoms with E-state index in [9.17, 15) is 4.79 Å². The summed E-state index contributed by atoms with van der Waals surface area (Å²) < 4.78 is 1.38. The summed E-state index contributed by atoms with van der Waals surface area (Å²) in [6, 6.07) is 17.2. The zero-order chi connectivity index (χ0) is 22.1. The summed E-state index contributed by atoms with van der Waals surface area (Å²) in [4.78, 5) is 22.0.